The maximum absolute atomic E-state index is 5.96. The Kier molecular flexibility index (Phi) is 3.95. The molecule has 0 spiro atoms. The molecule has 4 nitrogen and oxygen atoms in total. The van der Waals surface area contributed by atoms with Gasteiger partial charge in [-0.05, 0) is 55.3 Å². The molecule has 0 saturated carbocycles. The maximum Gasteiger partial charge on any atom is 0.129 e. The number of anilines is 2. The molecule has 4 heteroatoms. The minimum Gasteiger partial charge on any atom is -0.491 e. The van der Waals surface area contributed by atoms with Gasteiger partial charge in [0.2, 0.25) is 0 Å². The normalized spacial score (nSPS) is 17.3. The first-order valence-electron chi connectivity index (χ1n) is 8.40. The molecule has 0 amide bonds. The molecule has 0 radical (unpaired) electrons. The topological polar surface area (TPSA) is 51.4 Å². The molecule has 0 bridgehead atoms. The number of para-hydroxylation sites is 1. The predicted molar refractivity (Wildman–Crippen MR) is 98.5 cm³/mol. The molecular weight excluding hydrogens is 298 g/mol. The zero-order valence-electron chi connectivity index (χ0n) is 13.6. The summed E-state index contributed by atoms with van der Waals surface area (Å²) in [5.41, 5.74) is 7.51. The van der Waals surface area contributed by atoms with Gasteiger partial charge in [-0.1, -0.05) is 18.2 Å². The molecule has 24 heavy (non-hydrogen) atoms. The molecular formula is C20H21N3O. The molecule has 2 heterocycles. The zero-order chi connectivity index (χ0) is 16.4. The summed E-state index contributed by atoms with van der Waals surface area (Å²) in [7, 11) is 0. The van der Waals surface area contributed by atoms with Gasteiger partial charge in [0.15, 0.2) is 0 Å². The second-order valence-electron chi connectivity index (χ2n) is 6.23. The van der Waals surface area contributed by atoms with Gasteiger partial charge in [0.1, 0.15) is 18.2 Å². The van der Waals surface area contributed by atoms with Crippen LogP contribution in [-0.4, -0.2) is 24.2 Å². The molecule has 1 fully saturated rings. The first-order valence-corrected chi connectivity index (χ1v) is 8.40. The van der Waals surface area contributed by atoms with E-state index in [4.69, 9.17) is 15.5 Å². The van der Waals surface area contributed by atoms with Crippen LogP contribution in [0.3, 0.4) is 0 Å². The number of fused-ring (bicyclic) bond motifs is 1. The van der Waals surface area contributed by atoms with E-state index in [1.54, 1.807) is 0 Å². The Balaban J connectivity index is 1.50. The number of nitrogens with two attached hydrogens (primary N) is 1. The highest BCUT2D eigenvalue weighted by atomic mass is 16.5. The van der Waals surface area contributed by atoms with Crippen molar-refractivity contribution in [2.24, 2.45) is 0 Å². The Morgan fingerprint density at radius 3 is 2.75 bits per heavy atom. The quantitative estimate of drug-likeness (QED) is 0.742. The number of nitrogen functional groups attached to an aromatic ring is 1. The molecule has 0 aliphatic carbocycles. The highest BCUT2D eigenvalue weighted by Gasteiger charge is 2.26. The maximum atomic E-state index is 5.96. The fourth-order valence-corrected chi connectivity index (χ4v) is 3.28. The number of hydrogen-bond donors (Lipinski definition) is 1. The molecule has 1 aliphatic heterocycles. The van der Waals surface area contributed by atoms with E-state index < -0.39 is 0 Å². The summed E-state index contributed by atoms with van der Waals surface area (Å²) in [5.74, 6) is 1.90. The van der Waals surface area contributed by atoms with E-state index >= 15 is 0 Å². The number of hydrogen-bond acceptors (Lipinski definition) is 4. The van der Waals surface area contributed by atoms with Gasteiger partial charge in [0.05, 0.1) is 11.6 Å². The van der Waals surface area contributed by atoms with Gasteiger partial charge in [0.25, 0.3) is 0 Å². The first kappa shape index (κ1) is 14.8. The van der Waals surface area contributed by atoms with E-state index in [1.807, 2.05) is 36.4 Å². The van der Waals surface area contributed by atoms with Crippen LogP contribution < -0.4 is 15.4 Å². The number of ether oxygens (including phenoxy) is 1. The molecule has 1 atom stereocenters. The fraction of sp³-hybridized carbons (Fsp3) is 0.250. The van der Waals surface area contributed by atoms with Crippen molar-refractivity contribution in [2.45, 2.75) is 18.9 Å². The third-order valence-corrected chi connectivity index (χ3v) is 4.58. The third kappa shape index (κ3) is 3.00. The summed E-state index contributed by atoms with van der Waals surface area (Å²) in [6.07, 6.45) is 2.30. The van der Waals surface area contributed by atoms with E-state index in [9.17, 15) is 0 Å². The van der Waals surface area contributed by atoms with Crippen molar-refractivity contribution in [2.75, 3.05) is 23.8 Å². The van der Waals surface area contributed by atoms with Gasteiger partial charge < -0.3 is 15.4 Å². The Hall–Kier alpha value is -2.75. The van der Waals surface area contributed by atoms with Gasteiger partial charge in [-0.25, -0.2) is 4.98 Å². The predicted octanol–water partition coefficient (Wildman–Crippen LogP) is 3.86. The molecule has 1 saturated heterocycles. The minimum absolute atomic E-state index is 0.358. The highest BCUT2D eigenvalue weighted by molar-refractivity contribution is 5.80. The smallest absolute Gasteiger partial charge is 0.129 e. The molecule has 1 aromatic heterocycles. The Bertz CT molecular complexity index is 832. The molecule has 4 rings (SSSR count). The van der Waals surface area contributed by atoms with Gasteiger partial charge in [-0.3, -0.25) is 0 Å². The van der Waals surface area contributed by atoms with Crippen LogP contribution in [0.4, 0.5) is 11.5 Å². The monoisotopic (exact) mass is 319 g/mol. The van der Waals surface area contributed by atoms with E-state index in [-0.39, 0.29) is 0 Å². The summed E-state index contributed by atoms with van der Waals surface area (Å²) >= 11 is 0. The number of nitrogens with zero attached hydrogens (tertiary/aromatic N) is 2. The summed E-state index contributed by atoms with van der Waals surface area (Å²) < 4.78 is 5.96. The highest BCUT2D eigenvalue weighted by Crippen LogP contribution is 2.26. The lowest BCUT2D eigenvalue weighted by atomic mass is 10.2. The van der Waals surface area contributed by atoms with E-state index in [2.05, 4.69) is 29.2 Å². The van der Waals surface area contributed by atoms with E-state index in [0.717, 1.165) is 35.7 Å². The van der Waals surface area contributed by atoms with Crippen molar-refractivity contribution in [3.05, 3.63) is 60.7 Å². The lowest BCUT2D eigenvalue weighted by molar-refractivity contribution is 0.288. The van der Waals surface area contributed by atoms with Crippen molar-refractivity contribution >= 4 is 22.4 Å². The fourth-order valence-electron chi connectivity index (χ4n) is 3.28. The zero-order valence-corrected chi connectivity index (χ0v) is 13.6. The molecule has 1 aliphatic rings. The minimum atomic E-state index is 0.358. The summed E-state index contributed by atoms with van der Waals surface area (Å²) in [6, 6.07) is 20.4. The van der Waals surface area contributed by atoms with Crippen LogP contribution in [0.5, 0.6) is 5.75 Å². The van der Waals surface area contributed by atoms with Gasteiger partial charge in [-0.15, -0.1) is 0 Å². The van der Waals surface area contributed by atoms with Crippen LogP contribution in [0.2, 0.25) is 0 Å². The summed E-state index contributed by atoms with van der Waals surface area (Å²) in [4.78, 5) is 7.19. The van der Waals surface area contributed by atoms with Crippen LogP contribution in [0, 0.1) is 0 Å². The van der Waals surface area contributed by atoms with E-state index in [1.165, 1.54) is 11.8 Å². The van der Waals surface area contributed by atoms with Crippen molar-refractivity contribution in [3.8, 4) is 5.75 Å². The Morgan fingerprint density at radius 1 is 1.04 bits per heavy atom. The van der Waals surface area contributed by atoms with E-state index in [0.29, 0.717) is 12.6 Å². The van der Waals surface area contributed by atoms with Crippen LogP contribution in [0.1, 0.15) is 12.8 Å². The van der Waals surface area contributed by atoms with Gasteiger partial charge >= 0.3 is 0 Å². The lowest BCUT2D eigenvalue weighted by Crippen LogP contribution is -2.34. The lowest BCUT2D eigenvalue weighted by Gasteiger charge is -2.26. The third-order valence-electron chi connectivity index (χ3n) is 4.58. The van der Waals surface area contributed by atoms with Crippen molar-refractivity contribution in [1.82, 2.24) is 4.98 Å². The summed E-state index contributed by atoms with van der Waals surface area (Å²) in [5, 5.41) is 1.18. The van der Waals surface area contributed by atoms with Gasteiger partial charge in [-0.2, -0.15) is 0 Å². The van der Waals surface area contributed by atoms with Crippen LogP contribution in [0.15, 0.2) is 60.7 Å². The SMILES string of the molecule is Nc1ccc(OC[C@@H]2CCCN2c2ccc3ccccc3n2)cc1. The molecule has 2 aromatic carbocycles. The molecule has 122 valence electrons. The van der Waals surface area contributed by atoms with Crippen molar-refractivity contribution in [3.63, 3.8) is 0 Å². The Morgan fingerprint density at radius 2 is 1.88 bits per heavy atom. The van der Waals surface area contributed by atoms with Crippen LogP contribution in [0.25, 0.3) is 10.9 Å². The van der Waals surface area contributed by atoms with Crippen molar-refractivity contribution < 1.29 is 4.74 Å². The second kappa shape index (κ2) is 6.40. The van der Waals surface area contributed by atoms with Crippen molar-refractivity contribution in [1.29, 1.82) is 0 Å². The summed E-state index contributed by atoms with van der Waals surface area (Å²) in [6.45, 7) is 1.69. The largest absolute Gasteiger partial charge is 0.491 e. The van der Waals surface area contributed by atoms with Gasteiger partial charge in [0, 0.05) is 17.6 Å². The van der Waals surface area contributed by atoms with Crippen LogP contribution in [-0.2, 0) is 0 Å². The Labute approximate surface area is 141 Å². The number of benzene rings is 2. The van der Waals surface area contributed by atoms with Crippen LogP contribution >= 0.6 is 0 Å². The molecule has 0 unspecified atom stereocenters. The second-order valence-corrected chi connectivity index (χ2v) is 6.23. The average molecular weight is 319 g/mol. The molecule has 2 N–H and O–H groups in total. The number of rotatable bonds is 4. The molecule has 3 aromatic rings. The number of pyridine rings is 1. The standard InChI is InChI=1S/C20H21N3O/c21-16-8-10-18(11-9-16)24-14-17-5-3-13-23(17)20-12-7-15-4-1-2-6-19(15)22-20/h1-2,4,6-12,17H,3,5,13-14,21H2/t17-/m0/s1. The number of aromatic nitrogens is 1. The first-order chi connectivity index (χ1) is 11.8. The average Bonchev–Trinajstić information content (AvgIpc) is 3.09.